The molecule has 1 heterocycles. The van der Waals surface area contributed by atoms with Crippen LogP contribution >= 0.6 is 11.6 Å². The van der Waals surface area contributed by atoms with E-state index in [-0.39, 0.29) is 12.3 Å². The van der Waals surface area contributed by atoms with Crippen LogP contribution in [0.25, 0.3) is 0 Å². The maximum atomic E-state index is 11.7. The summed E-state index contributed by atoms with van der Waals surface area (Å²) in [5.41, 5.74) is 1.19. The molecular formula is C13H13ClN2O3. The van der Waals surface area contributed by atoms with Gasteiger partial charge in [0.05, 0.1) is 11.8 Å². The third kappa shape index (κ3) is 3.33. The van der Waals surface area contributed by atoms with E-state index in [9.17, 15) is 9.90 Å². The van der Waals surface area contributed by atoms with Crippen LogP contribution in [0.1, 0.15) is 27.9 Å². The second-order valence-corrected chi connectivity index (χ2v) is 4.49. The number of nitrogens with zero attached hydrogens (tertiary/aromatic N) is 1. The molecular weight excluding hydrogens is 268 g/mol. The van der Waals surface area contributed by atoms with E-state index >= 15 is 0 Å². The minimum Gasteiger partial charge on any atom is -0.387 e. The van der Waals surface area contributed by atoms with E-state index in [1.165, 1.54) is 6.07 Å². The van der Waals surface area contributed by atoms with Crippen LogP contribution in [0.15, 0.2) is 34.9 Å². The molecule has 0 fully saturated rings. The summed E-state index contributed by atoms with van der Waals surface area (Å²) in [7, 11) is 0. The Morgan fingerprint density at radius 3 is 2.89 bits per heavy atom. The van der Waals surface area contributed by atoms with Crippen molar-refractivity contribution in [3.8, 4) is 0 Å². The standard InChI is InChI=1S/C13H13ClN2O3/c1-8-6-12(19-16-8)13(18)15-7-11(17)9-4-2-3-5-10(9)14/h2-6,11,17H,7H2,1H3,(H,15,18). The van der Waals surface area contributed by atoms with Crippen molar-refractivity contribution in [3.05, 3.63) is 52.4 Å². The van der Waals surface area contributed by atoms with E-state index in [1.807, 2.05) is 0 Å². The Morgan fingerprint density at radius 1 is 1.53 bits per heavy atom. The van der Waals surface area contributed by atoms with E-state index < -0.39 is 12.0 Å². The van der Waals surface area contributed by atoms with Crippen molar-refractivity contribution in [2.24, 2.45) is 0 Å². The van der Waals surface area contributed by atoms with Gasteiger partial charge in [-0.3, -0.25) is 4.79 Å². The maximum absolute atomic E-state index is 11.7. The molecule has 1 amide bonds. The summed E-state index contributed by atoms with van der Waals surface area (Å²) in [5, 5.41) is 16.6. The number of benzene rings is 1. The summed E-state index contributed by atoms with van der Waals surface area (Å²) in [4.78, 5) is 11.7. The number of aliphatic hydroxyl groups excluding tert-OH is 1. The fourth-order valence-electron chi connectivity index (χ4n) is 1.60. The van der Waals surface area contributed by atoms with Gasteiger partial charge in [-0.05, 0) is 13.0 Å². The third-order valence-electron chi connectivity index (χ3n) is 2.57. The molecule has 2 rings (SSSR count). The average Bonchev–Trinajstić information content (AvgIpc) is 2.83. The number of aromatic nitrogens is 1. The zero-order valence-corrected chi connectivity index (χ0v) is 11.0. The van der Waals surface area contributed by atoms with Crippen LogP contribution in [0.3, 0.4) is 0 Å². The molecule has 0 spiro atoms. The van der Waals surface area contributed by atoms with E-state index in [2.05, 4.69) is 10.5 Å². The van der Waals surface area contributed by atoms with Gasteiger partial charge in [0.25, 0.3) is 5.91 Å². The van der Waals surface area contributed by atoms with Gasteiger partial charge in [-0.15, -0.1) is 0 Å². The number of hydrogen-bond donors (Lipinski definition) is 2. The van der Waals surface area contributed by atoms with Crippen molar-refractivity contribution >= 4 is 17.5 Å². The number of rotatable bonds is 4. The zero-order chi connectivity index (χ0) is 13.8. The molecule has 1 atom stereocenters. The van der Waals surface area contributed by atoms with Crippen molar-refractivity contribution in [2.45, 2.75) is 13.0 Å². The summed E-state index contributed by atoms with van der Waals surface area (Å²) in [5.74, 6) is -0.310. The van der Waals surface area contributed by atoms with E-state index in [4.69, 9.17) is 16.1 Å². The number of carbonyl (C=O) groups is 1. The molecule has 6 heteroatoms. The van der Waals surface area contributed by atoms with Gasteiger partial charge < -0.3 is 14.9 Å². The highest BCUT2D eigenvalue weighted by Crippen LogP contribution is 2.21. The number of aryl methyl sites for hydroxylation is 1. The number of hydrogen-bond acceptors (Lipinski definition) is 4. The number of amides is 1. The molecule has 0 saturated heterocycles. The van der Waals surface area contributed by atoms with Crippen LogP contribution in [-0.4, -0.2) is 22.7 Å². The van der Waals surface area contributed by atoms with Crippen LogP contribution in [0.5, 0.6) is 0 Å². The SMILES string of the molecule is Cc1cc(C(=O)NCC(O)c2ccccc2Cl)on1. The Kier molecular flexibility index (Phi) is 4.19. The van der Waals surface area contributed by atoms with Crippen molar-refractivity contribution in [1.29, 1.82) is 0 Å². The number of carbonyl (C=O) groups excluding carboxylic acids is 1. The van der Waals surface area contributed by atoms with Crippen molar-refractivity contribution < 1.29 is 14.4 Å². The molecule has 100 valence electrons. The molecule has 1 unspecified atom stereocenters. The van der Waals surface area contributed by atoms with Gasteiger partial charge >= 0.3 is 0 Å². The van der Waals surface area contributed by atoms with E-state index in [0.29, 0.717) is 16.3 Å². The average molecular weight is 281 g/mol. The van der Waals surface area contributed by atoms with Gasteiger partial charge in [0.15, 0.2) is 0 Å². The number of aliphatic hydroxyl groups is 1. The smallest absolute Gasteiger partial charge is 0.290 e. The van der Waals surface area contributed by atoms with E-state index in [0.717, 1.165) is 0 Å². The van der Waals surface area contributed by atoms with E-state index in [1.54, 1.807) is 31.2 Å². The fraction of sp³-hybridized carbons (Fsp3) is 0.231. The second kappa shape index (κ2) is 5.86. The lowest BCUT2D eigenvalue weighted by atomic mass is 10.1. The maximum Gasteiger partial charge on any atom is 0.290 e. The summed E-state index contributed by atoms with van der Waals surface area (Å²) in [6, 6.07) is 8.46. The highest BCUT2D eigenvalue weighted by Gasteiger charge is 2.15. The van der Waals surface area contributed by atoms with Crippen molar-refractivity contribution in [2.75, 3.05) is 6.54 Å². The first kappa shape index (κ1) is 13.6. The lowest BCUT2D eigenvalue weighted by Gasteiger charge is -2.12. The lowest BCUT2D eigenvalue weighted by molar-refractivity contribution is 0.0880. The normalized spacial score (nSPS) is 12.2. The Labute approximate surface area is 115 Å². The predicted molar refractivity (Wildman–Crippen MR) is 70.0 cm³/mol. The third-order valence-corrected chi connectivity index (χ3v) is 2.92. The molecule has 0 radical (unpaired) electrons. The largest absolute Gasteiger partial charge is 0.387 e. The molecule has 0 saturated carbocycles. The van der Waals surface area contributed by atoms with Gasteiger partial charge in [-0.25, -0.2) is 0 Å². The monoisotopic (exact) mass is 280 g/mol. The fourth-order valence-corrected chi connectivity index (χ4v) is 1.86. The second-order valence-electron chi connectivity index (χ2n) is 4.08. The van der Waals surface area contributed by atoms with Crippen LogP contribution in [0.4, 0.5) is 0 Å². The number of halogens is 1. The van der Waals surface area contributed by atoms with Gasteiger partial charge in [-0.2, -0.15) is 0 Å². The van der Waals surface area contributed by atoms with Gasteiger partial charge in [0.2, 0.25) is 5.76 Å². The first-order valence-corrected chi connectivity index (χ1v) is 6.09. The first-order valence-electron chi connectivity index (χ1n) is 5.72. The minimum atomic E-state index is -0.873. The summed E-state index contributed by atoms with van der Waals surface area (Å²) >= 11 is 5.95. The Hall–Kier alpha value is -1.85. The summed E-state index contributed by atoms with van der Waals surface area (Å²) in [6.07, 6.45) is -0.873. The Balaban J connectivity index is 1.96. The molecule has 2 aromatic rings. The summed E-state index contributed by atoms with van der Waals surface area (Å²) in [6.45, 7) is 1.77. The lowest BCUT2D eigenvalue weighted by Crippen LogP contribution is -2.28. The zero-order valence-electron chi connectivity index (χ0n) is 10.3. The quantitative estimate of drug-likeness (QED) is 0.899. The molecule has 0 aliphatic rings. The molecule has 5 nitrogen and oxygen atoms in total. The highest BCUT2D eigenvalue weighted by molar-refractivity contribution is 6.31. The molecule has 19 heavy (non-hydrogen) atoms. The molecule has 0 aliphatic carbocycles. The van der Waals surface area contributed by atoms with Gasteiger partial charge in [-0.1, -0.05) is 35.0 Å². The first-order chi connectivity index (χ1) is 9.08. The van der Waals surface area contributed by atoms with Gasteiger partial charge in [0, 0.05) is 23.2 Å². The molecule has 1 aromatic heterocycles. The van der Waals surface area contributed by atoms with Crippen LogP contribution in [-0.2, 0) is 0 Å². The highest BCUT2D eigenvalue weighted by atomic mass is 35.5. The number of nitrogens with one attached hydrogen (secondary N) is 1. The predicted octanol–water partition coefficient (Wildman–Crippen LogP) is 2.10. The molecule has 0 bridgehead atoms. The molecule has 2 N–H and O–H groups in total. The van der Waals surface area contributed by atoms with Crippen molar-refractivity contribution in [3.63, 3.8) is 0 Å². The topological polar surface area (TPSA) is 75.4 Å². The Morgan fingerprint density at radius 2 is 2.26 bits per heavy atom. The summed E-state index contributed by atoms with van der Waals surface area (Å²) < 4.78 is 4.82. The molecule has 0 aliphatic heterocycles. The minimum absolute atomic E-state index is 0.0440. The van der Waals surface area contributed by atoms with Crippen LogP contribution in [0, 0.1) is 6.92 Å². The molecule has 1 aromatic carbocycles. The van der Waals surface area contributed by atoms with Gasteiger partial charge in [0.1, 0.15) is 0 Å². The van der Waals surface area contributed by atoms with Crippen LogP contribution in [0.2, 0.25) is 5.02 Å². The van der Waals surface area contributed by atoms with Crippen LogP contribution < -0.4 is 5.32 Å². The van der Waals surface area contributed by atoms with Crippen molar-refractivity contribution in [1.82, 2.24) is 10.5 Å². The Bertz CT molecular complexity index is 583.